The lowest BCUT2D eigenvalue weighted by Crippen LogP contribution is -2.39. The maximum absolute atomic E-state index is 12.5. The van der Waals surface area contributed by atoms with Gasteiger partial charge >= 0.3 is 6.18 Å². The first-order chi connectivity index (χ1) is 11.9. The summed E-state index contributed by atoms with van der Waals surface area (Å²) < 4.78 is 37.6. The molecule has 0 aliphatic heterocycles. The van der Waals surface area contributed by atoms with Gasteiger partial charge in [-0.3, -0.25) is 9.59 Å². The van der Waals surface area contributed by atoms with Crippen LogP contribution in [0.1, 0.15) is 23.8 Å². The van der Waals surface area contributed by atoms with Crippen LogP contribution in [-0.2, 0) is 4.79 Å². The van der Waals surface area contributed by atoms with Crippen LogP contribution >= 0.6 is 12.2 Å². The first-order valence-electron chi connectivity index (χ1n) is 6.93. The van der Waals surface area contributed by atoms with E-state index in [-0.39, 0.29) is 22.3 Å². The van der Waals surface area contributed by atoms with Crippen LogP contribution in [0.5, 0.6) is 0 Å². The monoisotopic (exact) mass is 391 g/mol. The van der Waals surface area contributed by atoms with Crippen LogP contribution in [0.25, 0.3) is 0 Å². The number of halogens is 3. The standard InChI is InChI=1S/C13H16F3N7O2S/c1-5(17)2-8(26)23-12-9(11(19)25)20-4-7(22-12)21-6(10(18)24)3-13(14,15)16/h2,4,6H,3,17H2,1H3,(H2,18,24)(H2,19,25)(H2,21,22,23,26)/t6-/m1/s1. The van der Waals surface area contributed by atoms with Gasteiger partial charge in [0.2, 0.25) is 5.91 Å². The zero-order valence-corrected chi connectivity index (χ0v) is 14.2. The van der Waals surface area contributed by atoms with E-state index in [0.717, 1.165) is 6.20 Å². The van der Waals surface area contributed by atoms with Crippen molar-refractivity contribution in [2.24, 2.45) is 17.2 Å². The molecule has 0 aliphatic carbocycles. The van der Waals surface area contributed by atoms with Gasteiger partial charge in [-0.15, -0.1) is 0 Å². The molecule has 1 rings (SSSR count). The Morgan fingerprint density at radius 1 is 1.35 bits per heavy atom. The highest BCUT2D eigenvalue weighted by Crippen LogP contribution is 2.23. The Bertz CT molecular complexity index is 748. The SMILES string of the molecule is CC(N)=CC(=S)Nc1nc(N[C@H](CC(F)(F)F)C(N)=O)cnc1C(N)=O. The number of hydrogen-bond donors (Lipinski definition) is 5. The minimum Gasteiger partial charge on any atom is -0.402 e. The van der Waals surface area contributed by atoms with Crippen LogP contribution in [0.15, 0.2) is 18.0 Å². The summed E-state index contributed by atoms with van der Waals surface area (Å²) in [4.78, 5) is 30.3. The van der Waals surface area contributed by atoms with Crippen LogP contribution in [0.3, 0.4) is 0 Å². The lowest BCUT2D eigenvalue weighted by molar-refractivity contribution is -0.144. The summed E-state index contributed by atoms with van der Waals surface area (Å²) in [5.41, 5.74) is 15.6. The second kappa shape index (κ2) is 8.42. The van der Waals surface area contributed by atoms with Crippen molar-refractivity contribution >= 4 is 40.7 Å². The molecule has 13 heteroatoms. The maximum atomic E-state index is 12.5. The molecule has 1 aromatic rings. The second-order valence-corrected chi connectivity index (χ2v) is 5.55. The smallest absolute Gasteiger partial charge is 0.391 e. The number of allylic oxidation sites excluding steroid dienone is 1. The Kier molecular flexibility index (Phi) is 6.83. The third-order valence-corrected chi connectivity index (χ3v) is 2.93. The Hall–Kier alpha value is -2.96. The lowest BCUT2D eigenvalue weighted by Gasteiger charge is -2.18. The summed E-state index contributed by atoms with van der Waals surface area (Å²) in [7, 11) is 0. The van der Waals surface area contributed by atoms with Crippen LogP contribution in [-0.4, -0.2) is 39.0 Å². The number of rotatable bonds is 7. The number of nitrogens with one attached hydrogen (secondary N) is 2. The number of thiocarbonyl (C=S) groups is 1. The van der Waals surface area contributed by atoms with E-state index in [1.807, 2.05) is 0 Å². The number of alkyl halides is 3. The molecule has 0 spiro atoms. The quantitative estimate of drug-likeness (QED) is 0.329. The highest BCUT2D eigenvalue weighted by Gasteiger charge is 2.35. The molecule has 1 heterocycles. The number of carbonyl (C=O) groups is 2. The van der Waals surface area contributed by atoms with E-state index < -0.39 is 30.5 Å². The Labute approximate surface area is 151 Å². The Balaban J connectivity index is 3.15. The van der Waals surface area contributed by atoms with Crippen molar-refractivity contribution in [1.82, 2.24) is 9.97 Å². The van der Waals surface area contributed by atoms with E-state index >= 15 is 0 Å². The summed E-state index contributed by atoms with van der Waals surface area (Å²) in [6.07, 6.45) is -3.88. The van der Waals surface area contributed by atoms with Gasteiger partial charge in [0.25, 0.3) is 5.91 Å². The molecule has 0 saturated heterocycles. The summed E-state index contributed by atoms with van der Waals surface area (Å²) in [5.74, 6) is -2.67. The molecule has 0 aliphatic rings. The van der Waals surface area contributed by atoms with Crippen molar-refractivity contribution in [3.63, 3.8) is 0 Å². The molecule has 9 nitrogen and oxygen atoms in total. The third-order valence-electron chi connectivity index (χ3n) is 2.71. The molecule has 1 atom stereocenters. The molecular weight excluding hydrogens is 375 g/mol. The van der Waals surface area contributed by atoms with Gasteiger partial charge in [-0.05, 0) is 13.0 Å². The van der Waals surface area contributed by atoms with Crippen molar-refractivity contribution in [2.45, 2.75) is 25.6 Å². The molecule has 0 bridgehead atoms. The average molecular weight is 391 g/mol. The van der Waals surface area contributed by atoms with Crippen LogP contribution in [0, 0.1) is 0 Å². The Morgan fingerprint density at radius 2 is 1.96 bits per heavy atom. The van der Waals surface area contributed by atoms with E-state index in [2.05, 4.69) is 20.6 Å². The topological polar surface area (TPSA) is 162 Å². The zero-order chi connectivity index (χ0) is 20.1. The normalized spacial score (nSPS) is 13.0. The van der Waals surface area contributed by atoms with Crippen LogP contribution in [0.4, 0.5) is 24.8 Å². The zero-order valence-electron chi connectivity index (χ0n) is 13.4. The highest BCUT2D eigenvalue weighted by atomic mass is 32.1. The van der Waals surface area contributed by atoms with Gasteiger partial charge in [-0.1, -0.05) is 12.2 Å². The van der Waals surface area contributed by atoms with Crippen molar-refractivity contribution < 1.29 is 22.8 Å². The number of anilines is 2. The van der Waals surface area contributed by atoms with Gasteiger partial charge in [-0.25, -0.2) is 9.97 Å². The van der Waals surface area contributed by atoms with Crippen molar-refractivity contribution in [3.8, 4) is 0 Å². The summed E-state index contributed by atoms with van der Waals surface area (Å²) in [6.45, 7) is 1.56. The number of aromatic nitrogens is 2. The van der Waals surface area contributed by atoms with E-state index in [1.165, 1.54) is 6.08 Å². The predicted octanol–water partition coefficient (Wildman–Crippen LogP) is 0.396. The minimum atomic E-state index is -4.64. The molecule has 0 saturated carbocycles. The number of nitrogens with two attached hydrogens (primary N) is 3. The van der Waals surface area contributed by atoms with Crippen LogP contribution < -0.4 is 27.8 Å². The van der Waals surface area contributed by atoms with Gasteiger partial charge in [0, 0.05) is 5.70 Å². The summed E-state index contributed by atoms with van der Waals surface area (Å²) in [5, 5.41) is 4.75. The fourth-order valence-electron chi connectivity index (χ4n) is 1.72. The molecular formula is C13H16F3N7O2S. The largest absolute Gasteiger partial charge is 0.402 e. The minimum absolute atomic E-state index is 0.0562. The first-order valence-corrected chi connectivity index (χ1v) is 7.34. The van der Waals surface area contributed by atoms with Crippen molar-refractivity contribution in [2.75, 3.05) is 10.6 Å². The van der Waals surface area contributed by atoms with Gasteiger partial charge in [-0.2, -0.15) is 13.2 Å². The lowest BCUT2D eigenvalue weighted by atomic mass is 10.2. The predicted molar refractivity (Wildman–Crippen MR) is 92.0 cm³/mol. The van der Waals surface area contributed by atoms with Gasteiger partial charge in [0.05, 0.1) is 12.6 Å². The molecule has 0 aromatic carbocycles. The number of primary amides is 2. The number of amides is 2. The van der Waals surface area contributed by atoms with Gasteiger partial charge in [0.15, 0.2) is 11.5 Å². The summed E-state index contributed by atoms with van der Waals surface area (Å²) in [6, 6.07) is -1.78. The van der Waals surface area contributed by atoms with E-state index in [1.54, 1.807) is 6.92 Å². The van der Waals surface area contributed by atoms with E-state index in [0.29, 0.717) is 5.70 Å². The third kappa shape index (κ3) is 6.88. The highest BCUT2D eigenvalue weighted by molar-refractivity contribution is 7.81. The Morgan fingerprint density at radius 3 is 2.42 bits per heavy atom. The maximum Gasteiger partial charge on any atom is 0.391 e. The molecule has 0 radical (unpaired) electrons. The number of hydrogen-bond acceptors (Lipinski definition) is 7. The van der Waals surface area contributed by atoms with E-state index in [4.69, 9.17) is 29.4 Å². The van der Waals surface area contributed by atoms with Crippen molar-refractivity contribution in [3.05, 3.63) is 23.7 Å². The molecule has 142 valence electrons. The molecule has 8 N–H and O–H groups in total. The molecule has 2 amide bonds. The molecule has 26 heavy (non-hydrogen) atoms. The molecule has 1 aromatic heterocycles. The fraction of sp³-hybridized carbons (Fsp3) is 0.308. The second-order valence-electron chi connectivity index (χ2n) is 5.11. The van der Waals surface area contributed by atoms with Crippen LogP contribution in [0.2, 0.25) is 0 Å². The fourth-order valence-corrected chi connectivity index (χ4v) is 2.00. The number of carbonyl (C=O) groups excluding carboxylic acids is 2. The van der Waals surface area contributed by atoms with Crippen molar-refractivity contribution in [1.29, 1.82) is 0 Å². The summed E-state index contributed by atoms with van der Waals surface area (Å²) >= 11 is 4.97. The van der Waals surface area contributed by atoms with E-state index in [9.17, 15) is 22.8 Å². The van der Waals surface area contributed by atoms with Gasteiger partial charge < -0.3 is 27.8 Å². The first kappa shape index (κ1) is 21.1. The average Bonchev–Trinajstić information content (AvgIpc) is 2.43. The molecule has 0 fully saturated rings. The molecule has 0 unspecified atom stereocenters. The van der Waals surface area contributed by atoms with Gasteiger partial charge in [0.1, 0.15) is 16.8 Å². The number of nitrogens with zero attached hydrogens (tertiary/aromatic N) is 2.